The second-order valence-corrected chi connectivity index (χ2v) is 3.27. The molecular formula is C9H13NO2S. The van der Waals surface area contributed by atoms with Gasteiger partial charge in [-0.1, -0.05) is 0 Å². The quantitative estimate of drug-likeness (QED) is 0.738. The van der Waals surface area contributed by atoms with Gasteiger partial charge in [-0.3, -0.25) is 4.79 Å². The van der Waals surface area contributed by atoms with E-state index in [9.17, 15) is 4.79 Å². The number of hydrogen-bond acceptors (Lipinski definition) is 4. The fourth-order valence-electron chi connectivity index (χ4n) is 0.907. The van der Waals surface area contributed by atoms with Gasteiger partial charge in [0, 0.05) is 17.6 Å². The van der Waals surface area contributed by atoms with Gasteiger partial charge < -0.3 is 10.1 Å². The summed E-state index contributed by atoms with van der Waals surface area (Å²) in [5.41, 5.74) is 1.06. The molecule has 0 spiro atoms. The average Bonchev–Trinajstić information content (AvgIpc) is 2.57. The van der Waals surface area contributed by atoms with Gasteiger partial charge in [0.25, 0.3) is 0 Å². The van der Waals surface area contributed by atoms with Crippen LogP contribution in [-0.4, -0.2) is 19.1 Å². The van der Waals surface area contributed by atoms with Crippen molar-refractivity contribution in [3.8, 4) is 0 Å². The first-order valence-corrected chi connectivity index (χ1v) is 5.19. The lowest BCUT2D eigenvalue weighted by Gasteiger charge is -2.03. The Bertz CT molecular complexity index is 246. The molecule has 1 N–H and O–H groups in total. The van der Waals surface area contributed by atoms with Gasteiger partial charge in [-0.2, -0.15) is 11.3 Å². The van der Waals surface area contributed by atoms with Crippen LogP contribution in [0.1, 0.15) is 13.3 Å². The molecule has 1 heterocycles. The minimum atomic E-state index is -0.148. The first kappa shape index (κ1) is 10.1. The Balaban J connectivity index is 2.11. The molecule has 72 valence electrons. The van der Waals surface area contributed by atoms with Crippen LogP contribution in [-0.2, 0) is 9.53 Å². The van der Waals surface area contributed by atoms with Gasteiger partial charge in [0.15, 0.2) is 0 Å². The molecular weight excluding hydrogens is 186 g/mol. The highest BCUT2D eigenvalue weighted by molar-refractivity contribution is 7.08. The van der Waals surface area contributed by atoms with Gasteiger partial charge in [-0.25, -0.2) is 0 Å². The second-order valence-electron chi connectivity index (χ2n) is 2.49. The topological polar surface area (TPSA) is 38.3 Å². The minimum absolute atomic E-state index is 0.148. The number of hydrogen-bond donors (Lipinski definition) is 1. The number of anilines is 1. The van der Waals surface area contributed by atoms with Gasteiger partial charge in [0.2, 0.25) is 0 Å². The third kappa shape index (κ3) is 3.94. The molecule has 0 saturated heterocycles. The molecule has 0 aliphatic carbocycles. The van der Waals surface area contributed by atoms with Crippen molar-refractivity contribution in [1.29, 1.82) is 0 Å². The number of esters is 1. The zero-order chi connectivity index (χ0) is 9.52. The number of ether oxygens (including phenoxy) is 1. The predicted octanol–water partition coefficient (Wildman–Crippen LogP) is 2.11. The summed E-state index contributed by atoms with van der Waals surface area (Å²) in [4.78, 5) is 10.9. The molecule has 3 nitrogen and oxygen atoms in total. The lowest BCUT2D eigenvalue weighted by molar-refractivity contribution is -0.142. The second kappa shape index (κ2) is 5.59. The van der Waals surface area contributed by atoms with Crippen molar-refractivity contribution >= 4 is 23.0 Å². The molecule has 1 aromatic heterocycles. The van der Waals surface area contributed by atoms with E-state index in [4.69, 9.17) is 4.74 Å². The summed E-state index contributed by atoms with van der Waals surface area (Å²) in [6.07, 6.45) is 0.420. The molecule has 13 heavy (non-hydrogen) atoms. The zero-order valence-electron chi connectivity index (χ0n) is 7.58. The molecule has 0 radical (unpaired) electrons. The van der Waals surface area contributed by atoms with E-state index in [0.29, 0.717) is 19.6 Å². The third-order valence-electron chi connectivity index (χ3n) is 1.48. The normalized spacial score (nSPS) is 9.62. The number of thiophene rings is 1. The largest absolute Gasteiger partial charge is 0.466 e. The molecule has 0 bridgehead atoms. The Kier molecular flexibility index (Phi) is 4.32. The van der Waals surface area contributed by atoms with E-state index in [1.165, 1.54) is 0 Å². The van der Waals surface area contributed by atoms with Crippen molar-refractivity contribution in [2.75, 3.05) is 18.5 Å². The van der Waals surface area contributed by atoms with Gasteiger partial charge in [-0.05, 0) is 18.4 Å². The standard InChI is InChI=1S/C9H13NO2S/c1-2-12-9(11)3-5-10-8-4-6-13-7-8/h4,6-7,10H,2-3,5H2,1H3. The van der Waals surface area contributed by atoms with Crippen LogP contribution in [0.25, 0.3) is 0 Å². The van der Waals surface area contributed by atoms with Crippen molar-refractivity contribution in [3.05, 3.63) is 16.8 Å². The Morgan fingerprint density at radius 3 is 3.15 bits per heavy atom. The Morgan fingerprint density at radius 1 is 1.69 bits per heavy atom. The molecule has 0 aliphatic heterocycles. The van der Waals surface area contributed by atoms with Crippen molar-refractivity contribution in [3.63, 3.8) is 0 Å². The smallest absolute Gasteiger partial charge is 0.307 e. The van der Waals surface area contributed by atoms with Crippen LogP contribution >= 0.6 is 11.3 Å². The van der Waals surface area contributed by atoms with Crippen LogP contribution in [0.2, 0.25) is 0 Å². The maximum Gasteiger partial charge on any atom is 0.307 e. The maximum atomic E-state index is 10.9. The number of nitrogens with one attached hydrogen (secondary N) is 1. The highest BCUT2D eigenvalue weighted by atomic mass is 32.1. The molecule has 1 aromatic rings. The first-order valence-electron chi connectivity index (χ1n) is 4.24. The van der Waals surface area contributed by atoms with Crippen LogP contribution in [0, 0.1) is 0 Å². The van der Waals surface area contributed by atoms with Gasteiger partial charge in [-0.15, -0.1) is 0 Å². The summed E-state index contributed by atoms with van der Waals surface area (Å²) >= 11 is 1.63. The molecule has 0 unspecified atom stereocenters. The van der Waals surface area contributed by atoms with Crippen LogP contribution in [0.3, 0.4) is 0 Å². The Hall–Kier alpha value is -1.03. The molecule has 0 amide bonds. The van der Waals surface area contributed by atoms with E-state index in [1.807, 2.05) is 23.8 Å². The van der Waals surface area contributed by atoms with E-state index in [0.717, 1.165) is 5.69 Å². The van der Waals surface area contributed by atoms with Crippen molar-refractivity contribution in [1.82, 2.24) is 0 Å². The lowest BCUT2D eigenvalue weighted by atomic mass is 10.4. The summed E-state index contributed by atoms with van der Waals surface area (Å²) in [7, 11) is 0. The predicted molar refractivity (Wildman–Crippen MR) is 54.1 cm³/mol. The summed E-state index contributed by atoms with van der Waals surface area (Å²) in [6.45, 7) is 2.90. The molecule has 4 heteroatoms. The lowest BCUT2D eigenvalue weighted by Crippen LogP contribution is -2.10. The van der Waals surface area contributed by atoms with Crippen LogP contribution in [0.5, 0.6) is 0 Å². The molecule has 0 aromatic carbocycles. The van der Waals surface area contributed by atoms with Crippen molar-refractivity contribution in [2.45, 2.75) is 13.3 Å². The van der Waals surface area contributed by atoms with Gasteiger partial charge in [0.05, 0.1) is 13.0 Å². The van der Waals surface area contributed by atoms with E-state index >= 15 is 0 Å². The van der Waals surface area contributed by atoms with E-state index in [1.54, 1.807) is 11.3 Å². The summed E-state index contributed by atoms with van der Waals surface area (Å²) in [6, 6.07) is 1.98. The molecule has 0 saturated carbocycles. The van der Waals surface area contributed by atoms with Gasteiger partial charge >= 0.3 is 5.97 Å². The first-order chi connectivity index (χ1) is 6.33. The molecule has 1 rings (SSSR count). The van der Waals surface area contributed by atoms with E-state index in [2.05, 4.69) is 5.32 Å². The average molecular weight is 199 g/mol. The highest BCUT2D eigenvalue weighted by Gasteiger charge is 2.00. The van der Waals surface area contributed by atoms with Crippen molar-refractivity contribution < 1.29 is 9.53 Å². The monoisotopic (exact) mass is 199 g/mol. The van der Waals surface area contributed by atoms with Gasteiger partial charge in [0.1, 0.15) is 0 Å². The van der Waals surface area contributed by atoms with E-state index < -0.39 is 0 Å². The molecule has 0 aliphatic rings. The van der Waals surface area contributed by atoms with Crippen molar-refractivity contribution in [2.24, 2.45) is 0 Å². The Labute approximate surface area is 81.7 Å². The minimum Gasteiger partial charge on any atom is -0.466 e. The number of rotatable bonds is 5. The van der Waals surface area contributed by atoms with Crippen LogP contribution < -0.4 is 5.32 Å². The number of carbonyl (C=O) groups is 1. The SMILES string of the molecule is CCOC(=O)CCNc1ccsc1. The molecule has 0 atom stereocenters. The maximum absolute atomic E-state index is 10.9. The summed E-state index contributed by atoms with van der Waals surface area (Å²) < 4.78 is 4.78. The van der Waals surface area contributed by atoms with E-state index in [-0.39, 0.29) is 5.97 Å². The van der Waals surface area contributed by atoms with Crippen LogP contribution in [0.15, 0.2) is 16.8 Å². The van der Waals surface area contributed by atoms with Crippen LogP contribution in [0.4, 0.5) is 5.69 Å². The summed E-state index contributed by atoms with van der Waals surface area (Å²) in [5, 5.41) is 7.12. The highest BCUT2D eigenvalue weighted by Crippen LogP contribution is 2.11. The Morgan fingerprint density at radius 2 is 2.54 bits per heavy atom. The number of carbonyl (C=O) groups excluding carboxylic acids is 1. The zero-order valence-corrected chi connectivity index (χ0v) is 8.39. The third-order valence-corrected chi connectivity index (χ3v) is 2.17. The fourth-order valence-corrected chi connectivity index (χ4v) is 1.52. The fraction of sp³-hybridized carbons (Fsp3) is 0.444. The molecule has 0 fully saturated rings. The summed E-state index contributed by atoms with van der Waals surface area (Å²) in [5.74, 6) is -0.148.